The summed E-state index contributed by atoms with van der Waals surface area (Å²) in [4.78, 5) is 15.3. The van der Waals surface area contributed by atoms with Gasteiger partial charge in [-0.05, 0) is 32.9 Å². The Balaban J connectivity index is 2.50. The number of anilines is 1. The summed E-state index contributed by atoms with van der Waals surface area (Å²) in [6.07, 6.45) is 1.63. The highest BCUT2D eigenvalue weighted by atomic mass is 16.5. The maximum absolute atomic E-state index is 11.0. The third-order valence-electron chi connectivity index (χ3n) is 3.15. The number of fused-ring (bicyclic) bond motifs is 1. The van der Waals surface area contributed by atoms with Crippen LogP contribution in [0.2, 0.25) is 0 Å². The molecule has 6 heteroatoms. The molecule has 1 aromatic heterocycles. The third kappa shape index (κ3) is 3.39. The number of aliphatic carboxylic acids is 1. The number of pyridine rings is 1. The fourth-order valence-corrected chi connectivity index (χ4v) is 2.11. The first-order valence-corrected chi connectivity index (χ1v) is 7.24. The molecule has 6 nitrogen and oxygen atoms in total. The Labute approximate surface area is 129 Å². The molecule has 2 N–H and O–H groups in total. The monoisotopic (exact) mass is 304 g/mol. The Hall–Kier alpha value is -2.50. The van der Waals surface area contributed by atoms with Crippen molar-refractivity contribution in [1.29, 1.82) is 0 Å². The van der Waals surface area contributed by atoms with Crippen molar-refractivity contribution >= 4 is 22.6 Å². The number of benzene rings is 1. The van der Waals surface area contributed by atoms with Crippen LogP contribution in [0.4, 0.5) is 5.69 Å². The van der Waals surface area contributed by atoms with Crippen molar-refractivity contribution in [3.63, 3.8) is 0 Å². The minimum atomic E-state index is -0.916. The molecule has 0 amide bonds. The standard InChI is InChI=1S/C16H20N2O4/c1-4-21-14-8-11-12(18-10(3)16(19)20)6-7-17-13(11)9-15(14)22-5-2/h6-10H,4-5H2,1-3H3,(H,17,18)(H,19,20). The van der Waals surface area contributed by atoms with E-state index in [-0.39, 0.29) is 0 Å². The van der Waals surface area contributed by atoms with Gasteiger partial charge in [-0.25, -0.2) is 0 Å². The Morgan fingerprint density at radius 3 is 2.50 bits per heavy atom. The maximum Gasteiger partial charge on any atom is 0.325 e. The SMILES string of the molecule is CCOc1cc2nccc(NC(C)C(=O)O)c2cc1OCC. The van der Waals surface area contributed by atoms with E-state index in [1.54, 1.807) is 25.3 Å². The van der Waals surface area contributed by atoms with Crippen LogP contribution in [0.1, 0.15) is 20.8 Å². The number of nitrogens with zero attached hydrogens (tertiary/aromatic N) is 1. The van der Waals surface area contributed by atoms with E-state index < -0.39 is 12.0 Å². The number of carboxylic acid groups (broad SMARTS) is 1. The fraction of sp³-hybridized carbons (Fsp3) is 0.375. The van der Waals surface area contributed by atoms with Crippen molar-refractivity contribution in [2.24, 2.45) is 0 Å². The van der Waals surface area contributed by atoms with Crippen molar-refractivity contribution in [2.75, 3.05) is 18.5 Å². The van der Waals surface area contributed by atoms with Crippen molar-refractivity contribution in [2.45, 2.75) is 26.8 Å². The molecule has 2 rings (SSSR count). The highest BCUT2D eigenvalue weighted by Crippen LogP contribution is 2.35. The molecule has 118 valence electrons. The van der Waals surface area contributed by atoms with E-state index in [9.17, 15) is 4.79 Å². The number of aromatic nitrogens is 1. The Morgan fingerprint density at radius 1 is 1.27 bits per heavy atom. The zero-order valence-electron chi connectivity index (χ0n) is 12.9. The number of carbonyl (C=O) groups is 1. The van der Waals surface area contributed by atoms with Crippen LogP contribution in [0.25, 0.3) is 10.9 Å². The molecule has 0 aliphatic carbocycles. The average molecular weight is 304 g/mol. The molecule has 0 radical (unpaired) electrons. The van der Waals surface area contributed by atoms with Crippen molar-refractivity contribution in [3.8, 4) is 11.5 Å². The van der Waals surface area contributed by atoms with Gasteiger partial charge in [-0.1, -0.05) is 0 Å². The van der Waals surface area contributed by atoms with Gasteiger partial charge in [0.1, 0.15) is 6.04 Å². The van der Waals surface area contributed by atoms with Crippen LogP contribution >= 0.6 is 0 Å². The molecule has 0 fully saturated rings. The molecule has 0 saturated carbocycles. The van der Waals surface area contributed by atoms with Crippen LogP contribution < -0.4 is 14.8 Å². The van der Waals surface area contributed by atoms with Gasteiger partial charge in [0.05, 0.1) is 18.7 Å². The van der Waals surface area contributed by atoms with Gasteiger partial charge >= 0.3 is 5.97 Å². The fourth-order valence-electron chi connectivity index (χ4n) is 2.11. The Bertz CT molecular complexity index is 672. The number of hydrogen-bond donors (Lipinski definition) is 2. The summed E-state index contributed by atoms with van der Waals surface area (Å²) in [5, 5.41) is 12.8. The van der Waals surface area contributed by atoms with E-state index in [2.05, 4.69) is 10.3 Å². The number of rotatable bonds is 7. The van der Waals surface area contributed by atoms with Crippen molar-refractivity contribution in [1.82, 2.24) is 4.98 Å². The molecule has 0 saturated heterocycles. The Kier molecular flexibility index (Phi) is 5.04. The molecule has 1 aromatic carbocycles. The smallest absolute Gasteiger partial charge is 0.325 e. The van der Waals surface area contributed by atoms with E-state index in [0.29, 0.717) is 30.4 Å². The molecule has 0 aliphatic rings. The summed E-state index contributed by atoms with van der Waals surface area (Å²) >= 11 is 0. The molecular formula is C16H20N2O4. The normalized spacial score (nSPS) is 12.0. The van der Waals surface area contributed by atoms with Crippen LogP contribution in [0.5, 0.6) is 11.5 Å². The molecule has 1 heterocycles. The minimum Gasteiger partial charge on any atom is -0.490 e. The van der Waals surface area contributed by atoms with E-state index >= 15 is 0 Å². The number of ether oxygens (including phenoxy) is 2. The first-order valence-electron chi connectivity index (χ1n) is 7.24. The lowest BCUT2D eigenvalue weighted by molar-refractivity contribution is -0.137. The van der Waals surface area contributed by atoms with Gasteiger partial charge in [0.15, 0.2) is 11.5 Å². The Morgan fingerprint density at radius 2 is 1.91 bits per heavy atom. The van der Waals surface area contributed by atoms with E-state index in [4.69, 9.17) is 14.6 Å². The van der Waals surface area contributed by atoms with E-state index in [1.807, 2.05) is 19.9 Å². The van der Waals surface area contributed by atoms with E-state index in [0.717, 1.165) is 10.9 Å². The molecule has 22 heavy (non-hydrogen) atoms. The highest BCUT2D eigenvalue weighted by molar-refractivity contribution is 5.94. The zero-order valence-corrected chi connectivity index (χ0v) is 12.9. The van der Waals surface area contributed by atoms with Gasteiger partial charge in [-0.15, -0.1) is 0 Å². The minimum absolute atomic E-state index is 0.514. The second-order valence-corrected chi connectivity index (χ2v) is 4.74. The third-order valence-corrected chi connectivity index (χ3v) is 3.15. The summed E-state index contributed by atoms with van der Waals surface area (Å²) in [5.41, 5.74) is 1.42. The molecule has 0 aliphatic heterocycles. The lowest BCUT2D eigenvalue weighted by Crippen LogP contribution is -2.25. The number of carboxylic acids is 1. The predicted molar refractivity (Wildman–Crippen MR) is 84.8 cm³/mol. The van der Waals surface area contributed by atoms with Crippen LogP contribution in [-0.4, -0.2) is 35.3 Å². The van der Waals surface area contributed by atoms with Crippen molar-refractivity contribution in [3.05, 3.63) is 24.4 Å². The molecule has 0 bridgehead atoms. The largest absolute Gasteiger partial charge is 0.490 e. The van der Waals surface area contributed by atoms with Gasteiger partial charge in [0.25, 0.3) is 0 Å². The zero-order chi connectivity index (χ0) is 16.1. The molecule has 1 unspecified atom stereocenters. The number of nitrogens with one attached hydrogen (secondary N) is 1. The molecular weight excluding hydrogens is 284 g/mol. The summed E-state index contributed by atoms with van der Waals surface area (Å²) in [7, 11) is 0. The quantitative estimate of drug-likeness (QED) is 0.818. The molecule has 0 spiro atoms. The van der Waals surface area contributed by atoms with Crippen LogP contribution in [-0.2, 0) is 4.79 Å². The summed E-state index contributed by atoms with van der Waals surface area (Å²) in [6.45, 7) is 6.43. The van der Waals surface area contributed by atoms with Crippen LogP contribution in [0, 0.1) is 0 Å². The predicted octanol–water partition coefficient (Wildman–Crippen LogP) is 2.92. The highest BCUT2D eigenvalue weighted by Gasteiger charge is 2.14. The first-order chi connectivity index (χ1) is 10.6. The second-order valence-electron chi connectivity index (χ2n) is 4.74. The van der Waals surface area contributed by atoms with E-state index in [1.165, 1.54) is 0 Å². The van der Waals surface area contributed by atoms with Crippen molar-refractivity contribution < 1.29 is 19.4 Å². The lowest BCUT2D eigenvalue weighted by Gasteiger charge is -2.16. The van der Waals surface area contributed by atoms with Gasteiger partial charge in [-0.3, -0.25) is 9.78 Å². The van der Waals surface area contributed by atoms with Crippen LogP contribution in [0.3, 0.4) is 0 Å². The van der Waals surface area contributed by atoms with Crippen LogP contribution in [0.15, 0.2) is 24.4 Å². The van der Waals surface area contributed by atoms with Gasteiger partial charge in [0, 0.05) is 23.3 Å². The summed E-state index contributed by atoms with van der Waals surface area (Å²) in [5.74, 6) is 0.338. The van der Waals surface area contributed by atoms with Gasteiger partial charge in [0.2, 0.25) is 0 Å². The second kappa shape index (κ2) is 6.98. The summed E-state index contributed by atoms with van der Waals surface area (Å²) < 4.78 is 11.2. The molecule has 1 atom stereocenters. The number of hydrogen-bond acceptors (Lipinski definition) is 5. The lowest BCUT2D eigenvalue weighted by atomic mass is 10.1. The topological polar surface area (TPSA) is 80.7 Å². The first kappa shape index (κ1) is 15.9. The maximum atomic E-state index is 11.0. The summed E-state index contributed by atoms with van der Waals surface area (Å²) in [6, 6.07) is 4.68. The van der Waals surface area contributed by atoms with Gasteiger partial charge < -0.3 is 19.9 Å². The van der Waals surface area contributed by atoms with Gasteiger partial charge in [-0.2, -0.15) is 0 Å². The average Bonchev–Trinajstić information content (AvgIpc) is 2.49. The molecule has 2 aromatic rings.